The highest BCUT2D eigenvalue weighted by atomic mass is 15.3. The Bertz CT molecular complexity index is 344. The van der Waals surface area contributed by atoms with Gasteiger partial charge < -0.3 is 0 Å². The van der Waals surface area contributed by atoms with Crippen molar-refractivity contribution in [2.45, 2.75) is 71.8 Å². The molecule has 0 aliphatic heterocycles. The van der Waals surface area contributed by atoms with Crippen molar-refractivity contribution in [2.75, 3.05) is 0 Å². The molecule has 0 spiro atoms. The van der Waals surface area contributed by atoms with Crippen molar-refractivity contribution in [1.82, 2.24) is 9.78 Å². The molecular formula is C14H24N2. The predicted molar refractivity (Wildman–Crippen MR) is 67.8 cm³/mol. The minimum atomic E-state index is 0.668. The average Bonchev–Trinajstić information content (AvgIpc) is 2.49. The van der Waals surface area contributed by atoms with E-state index in [0.29, 0.717) is 6.04 Å². The van der Waals surface area contributed by atoms with Crippen LogP contribution >= 0.6 is 0 Å². The minimum Gasteiger partial charge on any atom is -0.266 e. The van der Waals surface area contributed by atoms with Gasteiger partial charge in [-0.1, -0.05) is 32.6 Å². The van der Waals surface area contributed by atoms with Crippen molar-refractivity contribution in [3.63, 3.8) is 0 Å². The Labute approximate surface area is 99.0 Å². The lowest BCUT2D eigenvalue weighted by Gasteiger charge is -2.17. The number of hydrogen-bond donors (Lipinski definition) is 0. The molecule has 2 heteroatoms. The molecule has 0 radical (unpaired) electrons. The summed E-state index contributed by atoms with van der Waals surface area (Å²) < 4.78 is 2.32. The molecule has 2 nitrogen and oxygen atoms in total. The van der Waals surface area contributed by atoms with Crippen LogP contribution in [-0.4, -0.2) is 9.78 Å². The quantitative estimate of drug-likeness (QED) is 0.690. The lowest BCUT2D eigenvalue weighted by Crippen LogP contribution is -2.11. The van der Waals surface area contributed by atoms with Crippen LogP contribution in [0.5, 0.6) is 0 Å². The summed E-state index contributed by atoms with van der Waals surface area (Å²) in [7, 11) is 0. The van der Waals surface area contributed by atoms with Crippen LogP contribution in [-0.2, 0) is 6.42 Å². The molecule has 2 rings (SSSR count). The van der Waals surface area contributed by atoms with Gasteiger partial charge in [0.2, 0.25) is 0 Å². The molecule has 16 heavy (non-hydrogen) atoms. The van der Waals surface area contributed by atoms with Crippen molar-refractivity contribution in [3.8, 4) is 0 Å². The van der Waals surface area contributed by atoms with E-state index in [9.17, 15) is 0 Å². The van der Waals surface area contributed by atoms with Crippen molar-refractivity contribution in [3.05, 3.63) is 17.0 Å². The van der Waals surface area contributed by atoms with E-state index in [-0.39, 0.29) is 0 Å². The van der Waals surface area contributed by atoms with Crippen LogP contribution in [0.4, 0.5) is 0 Å². The fourth-order valence-corrected chi connectivity index (χ4v) is 3.07. The number of aromatic nitrogens is 2. The van der Waals surface area contributed by atoms with E-state index in [2.05, 4.69) is 25.5 Å². The van der Waals surface area contributed by atoms with Gasteiger partial charge >= 0.3 is 0 Å². The summed E-state index contributed by atoms with van der Waals surface area (Å²) in [5.41, 5.74) is 4.11. The van der Waals surface area contributed by atoms with Crippen LogP contribution in [0.1, 0.15) is 68.4 Å². The standard InChI is InChI=1S/C14H24N2/c1-4-14-11(2)15-16(12(14)3)13-9-7-5-6-8-10-13/h13H,4-10H2,1-3H3. The lowest BCUT2D eigenvalue weighted by atomic mass is 10.1. The summed E-state index contributed by atoms with van der Waals surface area (Å²) in [5, 5.41) is 4.76. The summed E-state index contributed by atoms with van der Waals surface area (Å²) >= 11 is 0. The van der Waals surface area contributed by atoms with Gasteiger partial charge in [0.1, 0.15) is 0 Å². The zero-order chi connectivity index (χ0) is 11.5. The highest BCUT2D eigenvalue weighted by Gasteiger charge is 2.19. The maximum Gasteiger partial charge on any atom is 0.0628 e. The Morgan fingerprint density at radius 3 is 2.25 bits per heavy atom. The van der Waals surface area contributed by atoms with Gasteiger partial charge in [0.15, 0.2) is 0 Å². The molecule has 1 heterocycles. The summed E-state index contributed by atoms with van der Waals surface area (Å²) in [5.74, 6) is 0. The van der Waals surface area contributed by atoms with Crippen molar-refractivity contribution >= 4 is 0 Å². The van der Waals surface area contributed by atoms with Gasteiger partial charge in [-0.05, 0) is 38.7 Å². The molecule has 0 amide bonds. The second kappa shape index (κ2) is 5.03. The van der Waals surface area contributed by atoms with Gasteiger partial charge in [-0.15, -0.1) is 0 Å². The SMILES string of the molecule is CCc1c(C)nn(C2CCCCCC2)c1C. The van der Waals surface area contributed by atoms with Gasteiger partial charge in [0, 0.05) is 5.69 Å². The zero-order valence-corrected chi connectivity index (χ0v) is 10.9. The minimum absolute atomic E-state index is 0.668. The zero-order valence-electron chi connectivity index (χ0n) is 10.9. The van der Waals surface area contributed by atoms with Crippen LogP contribution < -0.4 is 0 Å². The van der Waals surface area contributed by atoms with Crippen molar-refractivity contribution < 1.29 is 0 Å². The Hall–Kier alpha value is -0.790. The van der Waals surface area contributed by atoms with E-state index in [1.165, 1.54) is 55.5 Å². The Balaban J connectivity index is 2.24. The van der Waals surface area contributed by atoms with E-state index in [0.717, 1.165) is 6.42 Å². The van der Waals surface area contributed by atoms with Gasteiger partial charge in [-0.25, -0.2) is 0 Å². The third kappa shape index (κ3) is 2.16. The van der Waals surface area contributed by atoms with Gasteiger partial charge in [0.05, 0.1) is 11.7 Å². The molecule has 0 N–H and O–H groups in total. The van der Waals surface area contributed by atoms with Gasteiger partial charge in [-0.2, -0.15) is 5.10 Å². The fourth-order valence-electron chi connectivity index (χ4n) is 3.07. The van der Waals surface area contributed by atoms with E-state index in [4.69, 9.17) is 5.10 Å². The Morgan fingerprint density at radius 2 is 1.75 bits per heavy atom. The second-order valence-corrected chi connectivity index (χ2v) is 5.09. The molecule has 1 saturated carbocycles. The third-order valence-electron chi connectivity index (χ3n) is 4.00. The molecule has 0 atom stereocenters. The van der Waals surface area contributed by atoms with E-state index >= 15 is 0 Å². The van der Waals surface area contributed by atoms with Gasteiger partial charge in [-0.3, -0.25) is 4.68 Å². The first-order valence-corrected chi connectivity index (χ1v) is 6.78. The highest BCUT2D eigenvalue weighted by Crippen LogP contribution is 2.29. The first kappa shape index (κ1) is 11.7. The number of rotatable bonds is 2. The summed E-state index contributed by atoms with van der Waals surface area (Å²) in [6.07, 6.45) is 9.35. The molecule has 1 aliphatic carbocycles. The molecule has 0 unspecified atom stereocenters. The van der Waals surface area contributed by atoms with Crippen LogP contribution in [0.2, 0.25) is 0 Å². The third-order valence-corrected chi connectivity index (χ3v) is 4.00. The van der Waals surface area contributed by atoms with E-state index in [1.807, 2.05) is 0 Å². The van der Waals surface area contributed by atoms with Crippen LogP contribution in [0.15, 0.2) is 0 Å². The molecule has 1 fully saturated rings. The topological polar surface area (TPSA) is 17.8 Å². The first-order chi connectivity index (χ1) is 7.74. The summed E-state index contributed by atoms with van der Waals surface area (Å²) in [4.78, 5) is 0. The maximum atomic E-state index is 4.76. The molecule has 1 aliphatic rings. The molecule has 0 saturated heterocycles. The highest BCUT2D eigenvalue weighted by molar-refractivity contribution is 5.24. The first-order valence-electron chi connectivity index (χ1n) is 6.78. The van der Waals surface area contributed by atoms with E-state index in [1.54, 1.807) is 0 Å². The fraction of sp³-hybridized carbons (Fsp3) is 0.786. The molecule has 0 aromatic carbocycles. The molecule has 90 valence electrons. The molecule has 1 aromatic rings. The largest absolute Gasteiger partial charge is 0.266 e. The van der Waals surface area contributed by atoms with Crippen LogP contribution in [0, 0.1) is 13.8 Å². The second-order valence-electron chi connectivity index (χ2n) is 5.09. The smallest absolute Gasteiger partial charge is 0.0628 e. The van der Waals surface area contributed by atoms with Crippen molar-refractivity contribution in [2.24, 2.45) is 0 Å². The number of hydrogen-bond acceptors (Lipinski definition) is 1. The monoisotopic (exact) mass is 220 g/mol. The van der Waals surface area contributed by atoms with Crippen LogP contribution in [0.25, 0.3) is 0 Å². The molecule has 1 aromatic heterocycles. The lowest BCUT2D eigenvalue weighted by molar-refractivity contribution is 0.396. The van der Waals surface area contributed by atoms with Gasteiger partial charge in [0.25, 0.3) is 0 Å². The summed E-state index contributed by atoms with van der Waals surface area (Å²) in [6.45, 7) is 6.62. The molecule has 0 bridgehead atoms. The maximum absolute atomic E-state index is 4.76. The summed E-state index contributed by atoms with van der Waals surface area (Å²) in [6, 6.07) is 0.668. The normalized spacial score (nSPS) is 18.7. The average molecular weight is 220 g/mol. The van der Waals surface area contributed by atoms with Crippen molar-refractivity contribution in [1.29, 1.82) is 0 Å². The predicted octanol–water partition coefficient (Wildman–Crippen LogP) is 3.96. The number of nitrogens with zero attached hydrogens (tertiary/aromatic N) is 2. The van der Waals surface area contributed by atoms with E-state index < -0.39 is 0 Å². The Morgan fingerprint density at radius 1 is 1.12 bits per heavy atom. The number of aryl methyl sites for hydroxylation is 1. The van der Waals surface area contributed by atoms with Crippen LogP contribution in [0.3, 0.4) is 0 Å². The Kier molecular flexibility index (Phi) is 3.67. The molecular weight excluding hydrogens is 196 g/mol.